The molecule has 1 aromatic rings. The van der Waals surface area contributed by atoms with Crippen LogP contribution in [0.5, 0.6) is 0 Å². The van der Waals surface area contributed by atoms with Gasteiger partial charge in [0.2, 0.25) is 11.8 Å². The Hall–Kier alpha value is -2.56. The highest BCUT2D eigenvalue weighted by Crippen LogP contribution is 2.19. The maximum Gasteiger partial charge on any atom is 0.242 e. The standard InChI is InChI=1S/C19H27N3O2/c1-6-11-22(12-7-2)17(23)14-20-15-9-8-10-16(13-15)21-18(24)19(3,4)5/h6-10,13,20H,1-2,11-12,14H2,3-5H3,(H,21,24). The van der Waals surface area contributed by atoms with E-state index in [4.69, 9.17) is 0 Å². The maximum absolute atomic E-state index is 12.2. The lowest BCUT2D eigenvalue weighted by Gasteiger charge is -2.20. The molecule has 130 valence electrons. The fourth-order valence-electron chi connectivity index (χ4n) is 1.90. The van der Waals surface area contributed by atoms with Crippen LogP contribution in [-0.4, -0.2) is 36.3 Å². The molecule has 0 saturated heterocycles. The number of hydrogen-bond donors (Lipinski definition) is 2. The molecule has 2 amide bonds. The molecule has 0 spiro atoms. The lowest BCUT2D eigenvalue weighted by atomic mass is 9.95. The first-order valence-corrected chi connectivity index (χ1v) is 7.93. The molecule has 1 rings (SSSR count). The molecule has 0 atom stereocenters. The zero-order valence-electron chi connectivity index (χ0n) is 14.8. The number of nitrogens with zero attached hydrogens (tertiary/aromatic N) is 1. The van der Waals surface area contributed by atoms with Gasteiger partial charge in [-0.15, -0.1) is 13.2 Å². The Morgan fingerprint density at radius 3 is 2.25 bits per heavy atom. The fourth-order valence-corrected chi connectivity index (χ4v) is 1.90. The van der Waals surface area contributed by atoms with E-state index in [9.17, 15) is 9.59 Å². The van der Waals surface area contributed by atoms with Crippen molar-refractivity contribution in [1.82, 2.24) is 4.90 Å². The van der Waals surface area contributed by atoms with E-state index >= 15 is 0 Å². The van der Waals surface area contributed by atoms with Crippen molar-refractivity contribution < 1.29 is 9.59 Å². The molecule has 0 bridgehead atoms. The van der Waals surface area contributed by atoms with Gasteiger partial charge in [0, 0.05) is 29.9 Å². The molecule has 0 fully saturated rings. The smallest absolute Gasteiger partial charge is 0.242 e. The van der Waals surface area contributed by atoms with Gasteiger partial charge in [0.15, 0.2) is 0 Å². The Bertz CT molecular complexity index is 593. The van der Waals surface area contributed by atoms with Gasteiger partial charge in [-0.25, -0.2) is 0 Å². The van der Waals surface area contributed by atoms with Crippen LogP contribution in [0, 0.1) is 5.41 Å². The average molecular weight is 329 g/mol. The first-order valence-electron chi connectivity index (χ1n) is 7.93. The van der Waals surface area contributed by atoms with E-state index in [-0.39, 0.29) is 18.4 Å². The molecule has 0 aromatic heterocycles. The Balaban J connectivity index is 2.67. The topological polar surface area (TPSA) is 61.4 Å². The predicted molar refractivity (Wildman–Crippen MR) is 100.0 cm³/mol. The van der Waals surface area contributed by atoms with Gasteiger partial charge in [-0.3, -0.25) is 9.59 Å². The van der Waals surface area contributed by atoms with Crippen molar-refractivity contribution in [3.05, 3.63) is 49.6 Å². The van der Waals surface area contributed by atoms with Crippen molar-refractivity contribution in [1.29, 1.82) is 0 Å². The van der Waals surface area contributed by atoms with Crippen LogP contribution in [0.3, 0.4) is 0 Å². The molecule has 1 aromatic carbocycles. The Labute approximate surface area is 144 Å². The minimum absolute atomic E-state index is 0.0427. The van der Waals surface area contributed by atoms with Crippen molar-refractivity contribution in [3.8, 4) is 0 Å². The first-order chi connectivity index (χ1) is 11.3. The summed E-state index contributed by atoms with van der Waals surface area (Å²) >= 11 is 0. The Morgan fingerprint density at radius 1 is 1.12 bits per heavy atom. The summed E-state index contributed by atoms with van der Waals surface area (Å²) in [6.45, 7) is 14.0. The van der Waals surface area contributed by atoms with Gasteiger partial charge >= 0.3 is 0 Å². The first kappa shape index (κ1) is 19.5. The average Bonchev–Trinajstić information content (AvgIpc) is 2.52. The van der Waals surface area contributed by atoms with Crippen LogP contribution in [0.25, 0.3) is 0 Å². The highest BCUT2D eigenvalue weighted by molar-refractivity contribution is 5.95. The van der Waals surface area contributed by atoms with Crippen LogP contribution in [0.2, 0.25) is 0 Å². The van der Waals surface area contributed by atoms with E-state index in [0.29, 0.717) is 18.8 Å². The fraction of sp³-hybridized carbons (Fsp3) is 0.368. The van der Waals surface area contributed by atoms with E-state index in [1.807, 2.05) is 45.0 Å². The number of hydrogen-bond acceptors (Lipinski definition) is 3. The highest BCUT2D eigenvalue weighted by Gasteiger charge is 2.21. The number of nitrogens with one attached hydrogen (secondary N) is 2. The summed E-state index contributed by atoms with van der Waals surface area (Å²) in [7, 11) is 0. The monoisotopic (exact) mass is 329 g/mol. The molecule has 5 heteroatoms. The van der Waals surface area contributed by atoms with Gasteiger partial charge in [0.25, 0.3) is 0 Å². The molecular weight excluding hydrogens is 302 g/mol. The molecular formula is C19H27N3O2. The maximum atomic E-state index is 12.2. The molecule has 0 saturated carbocycles. The van der Waals surface area contributed by atoms with E-state index in [0.717, 1.165) is 5.69 Å². The van der Waals surface area contributed by atoms with E-state index < -0.39 is 5.41 Å². The predicted octanol–water partition coefficient (Wildman–Crippen LogP) is 3.28. The van der Waals surface area contributed by atoms with Crippen LogP contribution in [-0.2, 0) is 9.59 Å². The normalized spacial score (nSPS) is 10.6. The molecule has 0 aliphatic heterocycles. The molecule has 0 heterocycles. The quantitative estimate of drug-likeness (QED) is 0.720. The number of carbonyl (C=O) groups is 2. The van der Waals surface area contributed by atoms with Crippen molar-refractivity contribution in [2.75, 3.05) is 30.3 Å². The zero-order valence-corrected chi connectivity index (χ0v) is 14.8. The van der Waals surface area contributed by atoms with Crippen molar-refractivity contribution in [3.63, 3.8) is 0 Å². The minimum atomic E-state index is -0.463. The summed E-state index contributed by atoms with van der Waals surface area (Å²) in [5, 5.41) is 5.96. The van der Waals surface area contributed by atoms with Gasteiger partial charge in [-0.1, -0.05) is 39.0 Å². The Morgan fingerprint density at radius 2 is 1.71 bits per heavy atom. The third kappa shape index (κ3) is 6.28. The summed E-state index contributed by atoms with van der Waals surface area (Å²) in [6.07, 6.45) is 3.37. The number of benzene rings is 1. The zero-order chi connectivity index (χ0) is 18.2. The van der Waals surface area contributed by atoms with Crippen LogP contribution < -0.4 is 10.6 Å². The molecule has 0 unspecified atom stereocenters. The van der Waals surface area contributed by atoms with Gasteiger partial charge in [-0.05, 0) is 18.2 Å². The van der Waals surface area contributed by atoms with Gasteiger partial charge in [-0.2, -0.15) is 0 Å². The van der Waals surface area contributed by atoms with Crippen LogP contribution >= 0.6 is 0 Å². The summed E-state index contributed by atoms with van der Waals surface area (Å²) in [5.74, 6) is -0.0993. The van der Waals surface area contributed by atoms with Crippen LogP contribution in [0.4, 0.5) is 11.4 Å². The lowest BCUT2D eigenvalue weighted by Crippen LogP contribution is -2.35. The highest BCUT2D eigenvalue weighted by atomic mass is 16.2. The van der Waals surface area contributed by atoms with Crippen molar-refractivity contribution >= 4 is 23.2 Å². The third-order valence-electron chi connectivity index (χ3n) is 3.30. The second-order valence-electron chi connectivity index (χ2n) is 6.51. The molecule has 0 aliphatic rings. The van der Waals surface area contributed by atoms with Crippen molar-refractivity contribution in [2.45, 2.75) is 20.8 Å². The molecule has 2 N–H and O–H groups in total. The summed E-state index contributed by atoms with van der Waals surface area (Å²) in [4.78, 5) is 25.9. The molecule has 0 radical (unpaired) electrons. The van der Waals surface area contributed by atoms with Gasteiger partial charge in [0.1, 0.15) is 0 Å². The minimum Gasteiger partial charge on any atom is -0.376 e. The summed E-state index contributed by atoms with van der Waals surface area (Å²) in [5.41, 5.74) is 1.00. The second kappa shape index (κ2) is 8.91. The van der Waals surface area contributed by atoms with Crippen LogP contribution in [0.15, 0.2) is 49.6 Å². The molecule has 5 nitrogen and oxygen atoms in total. The van der Waals surface area contributed by atoms with E-state index in [1.54, 1.807) is 17.1 Å². The van der Waals surface area contributed by atoms with Crippen LogP contribution in [0.1, 0.15) is 20.8 Å². The largest absolute Gasteiger partial charge is 0.376 e. The van der Waals surface area contributed by atoms with Gasteiger partial charge in [0.05, 0.1) is 6.54 Å². The summed E-state index contributed by atoms with van der Waals surface area (Å²) < 4.78 is 0. The van der Waals surface area contributed by atoms with Gasteiger partial charge < -0.3 is 15.5 Å². The second-order valence-corrected chi connectivity index (χ2v) is 6.51. The van der Waals surface area contributed by atoms with E-state index in [2.05, 4.69) is 23.8 Å². The number of carbonyl (C=O) groups excluding carboxylic acids is 2. The lowest BCUT2D eigenvalue weighted by molar-refractivity contribution is -0.128. The van der Waals surface area contributed by atoms with Crippen molar-refractivity contribution in [2.24, 2.45) is 5.41 Å². The third-order valence-corrected chi connectivity index (χ3v) is 3.30. The van der Waals surface area contributed by atoms with E-state index in [1.165, 1.54) is 0 Å². The molecule has 0 aliphatic carbocycles. The number of anilines is 2. The molecule has 24 heavy (non-hydrogen) atoms. The number of rotatable bonds is 8. The SMILES string of the molecule is C=CCN(CC=C)C(=O)CNc1cccc(NC(=O)C(C)(C)C)c1. The Kier molecular flexibility index (Phi) is 7.24. The number of amides is 2. The summed E-state index contributed by atoms with van der Waals surface area (Å²) in [6, 6.07) is 7.31.